The van der Waals surface area contributed by atoms with E-state index in [0.717, 1.165) is 0 Å². The first-order chi connectivity index (χ1) is 3.93. The van der Waals surface area contributed by atoms with Crippen molar-refractivity contribution in [2.75, 3.05) is 12.4 Å². The SMILES string of the molecule is OC[C@H]1CCCCS1. The third-order valence-electron chi connectivity index (χ3n) is 1.48. The molecule has 1 aliphatic rings. The molecule has 1 heterocycles. The van der Waals surface area contributed by atoms with Crippen LogP contribution in [0.2, 0.25) is 0 Å². The lowest BCUT2D eigenvalue weighted by atomic mass is 10.2. The van der Waals surface area contributed by atoms with Crippen LogP contribution in [-0.4, -0.2) is 22.7 Å². The standard InChI is InChI=1S/C6H12OS/c7-5-6-3-1-2-4-8-6/h6-7H,1-5H2/t6-/m1/s1. The van der Waals surface area contributed by atoms with Gasteiger partial charge in [-0.05, 0) is 18.6 Å². The highest BCUT2D eigenvalue weighted by Gasteiger charge is 2.11. The molecule has 1 fully saturated rings. The molecule has 1 atom stereocenters. The Morgan fingerprint density at radius 2 is 2.38 bits per heavy atom. The zero-order valence-corrected chi connectivity index (χ0v) is 5.78. The maximum Gasteiger partial charge on any atom is 0.0550 e. The predicted molar refractivity (Wildman–Crippen MR) is 37.2 cm³/mol. The fraction of sp³-hybridized carbons (Fsp3) is 1.00. The van der Waals surface area contributed by atoms with E-state index in [2.05, 4.69) is 0 Å². The van der Waals surface area contributed by atoms with Gasteiger partial charge in [-0.1, -0.05) is 6.42 Å². The molecule has 0 radical (unpaired) electrons. The van der Waals surface area contributed by atoms with Crippen molar-refractivity contribution in [1.29, 1.82) is 0 Å². The van der Waals surface area contributed by atoms with Crippen molar-refractivity contribution >= 4 is 11.8 Å². The van der Waals surface area contributed by atoms with Crippen molar-refractivity contribution in [1.82, 2.24) is 0 Å². The van der Waals surface area contributed by atoms with Gasteiger partial charge in [0.15, 0.2) is 0 Å². The minimum atomic E-state index is 0.380. The summed E-state index contributed by atoms with van der Waals surface area (Å²) in [5, 5.41) is 9.23. The van der Waals surface area contributed by atoms with Crippen molar-refractivity contribution in [3.63, 3.8) is 0 Å². The van der Waals surface area contributed by atoms with E-state index in [4.69, 9.17) is 5.11 Å². The number of thioether (sulfide) groups is 1. The Bertz CT molecular complexity index is 59.5. The average molecular weight is 132 g/mol. The Hall–Kier alpha value is 0.310. The Morgan fingerprint density at radius 1 is 1.50 bits per heavy atom. The van der Waals surface area contributed by atoms with Gasteiger partial charge in [0, 0.05) is 5.25 Å². The molecule has 1 nitrogen and oxygen atoms in total. The van der Waals surface area contributed by atoms with Crippen LogP contribution in [0.1, 0.15) is 19.3 Å². The Kier molecular flexibility index (Phi) is 2.70. The van der Waals surface area contributed by atoms with Crippen molar-refractivity contribution in [3.05, 3.63) is 0 Å². The predicted octanol–water partition coefficient (Wildman–Crippen LogP) is 1.26. The second-order valence-electron chi connectivity index (χ2n) is 2.17. The molecule has 0 spiro atoms. The van der Waals surface area contributed by atoms with Crippen LogP contribution >= 0.6 is 11.8 Å². The normalized spacial score (nSPS) is 30.4. The van der Waals surface area contributed by atoms with Crippen LogP contribution in [0, 0.1) is 0 Å². The highest BCUT2D eigenvalue weighted by atomic mass is 32.2. The van der Waals surface area contributed by atoms with Crippen molar-refractivity contribution in [3.8, 4) is 0 Å². The molecule has 0 aromatic heterocycles. The van der Waals surface area contributed by atoms with Crippen LogP contribution in [0.4, 0.5) is 0 Å². The molecule has 0 aliphatic carbocycles. The Morgan fingerprint density at radius 3 is 2.75 bits per heavy atom. The van der Waals surface area contributed by atoms with E-state index in [0.29, 0.717) is 11.9 Å². The number of rotatable bonds is 1. The number of aliphatic hydroxyl groups excluding tert-OH is 1. The second-order valence-corrected chi connectivity index (χ2v) is 3.58. The van der Waals surface area contributed by atoms with Gasteiger partial charge in [0.2, 0.25) is 0 Å². The molecule has 1 aliphatic heterocycles. The number of hydrogen-bond acceptors (Lipinski definition) is 2. The van der Waals surface area contributed by atoms with Gasteiger partial charge in [-0.25, -0.2) is 0 Å². The lowest BCUT2D eigenvalue weighted by molar-refractivity contribution is 0.287. The lowest BCUT2D eigenvalue weighted by Gasteiger charge is -2.17. The van der Waals surface area contributed by atoms with Gasteiger partial charge >= 0.3 is 0 Å². The van der Waals surface area contributed by atoms with E-state index in [1.165, 1.54) is 25.0 Å². The van der Waals surface area contributed by atoms with Gasteiger partial charge in [0.1, 0.15) is 0 Å². The zero-order valence-electron chi connectivity index (χ0n) is 4.97. The van der Waals surface area contributed by atoms with Crippen LogP contribution < -0.4 is 0 Å². The molecule has 2 heteroatoms. The summed E-state index contributed by atoms with van der Waals surface area (Å²) in [6.45, 7) is 0.380. The van der Waals surface area contributed by atoms with Crippen molar-refractivity contribution < 1.29 is 5.11 Å². The summed E-state index contributed by atoms with van der Waals surface area (Å²) in [5.74, 6) is 1.26. The Balaban J connectivity index is 2.13. The molecule has 1 saturated heterocycles. The zero-order chi connectivity index (χ0) is 5.82. The quantitative estimate of drug-likeness (QED) is 0.579. The smallest absolute Gasteiger partial charge is 0.0550 e. The molecule has 1 N–H and O–H groups in total. The molecule has 8 heavy (non-hydrogen) atoms. The first-order valence-corrected chi connectivity index (χ1v) is 4.21. The summed E-state index contributed by atoms with van der Waals surface area (Å²) in [6, 6.07) is 0. The van der Waals surface area contributed by atoms with Crippen LogP contribution in [0.15, 0.2) is 0 Å². The van der Waals surface area contributed by atoms with E-state index in [1.807, 2.05) is 11.8 Å². The maximum absolute atomic E-state index is 8.67. The fourth-order valence-electron chi connectivity index (χ4n) is 0.951. The number of aliphatic hydroxyl groups is 1. The summed E-state index contributed by atoms with van der Waals surface area (Å²) < 4.78 is 0. The molecule has 0 aromatic carbocycles. The molecular weight excluding hydrogens is 120 g/mol. The lowest BCUT2D eigenvalue weighted by Crippen LogP contribution is -2.12. The van der Waals surface area contributed by atoms with Gasteiger partial charge in [0.05, 0.1) is 6.61 Å². The fourth-order valence-corrected chi connectivity index (χ4v) is 2.09. The van der Waals surface area contributed by atoms with E-state index in [1.54, 1.807) is 0 Å². The number of hydrogen-bond donors (Lipinski definition) is 1. The van der Waals surface area contributed by atoms with Crippen LogP contribution in [0.25, 0.3) is 0 Å². The van der Waals surface area contributed by atoms with Gasteiger partial charge in [-0.2, -0.15) is 11.8 Å². The van der Waals surface area contributed by atoms with E-state index in [9.17, 15) is 0 Å². The molecule has 0 bridgehead atoms. The molecular formula is C6H12OS. The highest BCUT2D eigenvalue weighted by Crippen LogP contribution is 2.23. The molecule has 48 valence electrons. The Labute approximate surface area is 54.5 Å². The second kappa shape index (κ2) is 3.36. The summed E-state index contributed by atoms with van der Waals surface area (Å²) in [5.41, 5.74) is 0. The largest absolute Gasteiger partial charge is 0.395 e. The maximum atomic E-state index is 8.67. The van der Waals surface area contributed by atoms with Crippen molar-refractivity contribution in [2.45, 2.75) is 24.5 Å². The monoisotopic (exact) mass is 132 g/mol. The molecule has 0 saturated carbocycles. The molecule has 0 unspecified atom stereocenters. The first kappa shape index (κ1) is 6.43. The van der Waals surface area contributed by atoms with E-state index < -0.39 is 0 Å². The van der Waals surface area contributed by atoms with E-state index in [-0.39, 0.29) is 0 Å². The highest BCUT2D eigenvalue weighted by molar-refractivity contribution is 7.99. The summed E-state index contributed by atoms with van der Waals surface area (Å²) in [6.07, 6.45) is 3.89. The van der Waals surface area contributed by atoms with Crippen LogP contribution in [0.3, 0.4) is 0 Å². The summed E-state index contributed by atoms with van der Waals surface area (Å²) >= 11 is 1.91. The summed E-state index contributed by atoms with van der Waals surface area (Å²) in [7, 11) is 0. The first-order valence-electron chi connectivity index (χ1n) is 3.16. The molecule has 0 aromatic rings. The van der Waals surface area contributed by atoms with Crippen LogP contribution in [0.5, 0.6) is 0 Å². The average Bonchev–Trinajstić information content (AvgIpc) is 1.90. The van der Waals surface area contributed by atoms with E-state index >= 15 is 0 Å². The van der Waals surface area contributed by atoms with Gasteiger partial charge in [-0.3, -0.25) is 0 Å². The molecule has 1 rings (SSSR count). The van der Waals surface area contributed by atoms with Crippen LogP contribution in [-0.2, 0) is 0 Å². The van der Waals surface area contributed by atoms with Gasteiger partial charge < -0.3 is 5.11 Å². The van der Waals surface area contributed by atoms with Crippen molar-refractivity contribution in [2.24, 2.45) is 0 Å². The molecule has 0 amide bonds. The topological polar surface area (TPSA) is 20.2 Å². The third-order valence-corrected chi connectivity index (χ3v) is 2.86. The minimum absolute atomic E-state index is 0.380. The van der Waals surface area contributed by atoms with Gasteiger partial charge in [0.25, 0.3) is 0 Å². The minimum Gasteiger partial charge on any atom is -0.395 e. The third kappa shape index (κ3) is 1.67. The van der Waals surface area contributed by atoms with Gasteiger partial charge in [-0.15, -0.1) is 0 Å². The summed E-state index contributed by atoms with van der Waals surface area (Å²) in [4.78, 5) is 0.